The third-order valence-electron chi connectivity index (χ3n) is 5.37. The van der Waals surface area contributed by atoms with E-state index in [2.05, 4.69) is 20.3 Å². The molecule has 0 aliphatic carbocycles. The molecule has 36 heavy (non-hydrogen) atoms. The number of nitrogens with one attached hydrogen (secondary N) is 1. The van der Waals surface area contributed by atoms with E-state index >= 15 is 0 Å². The van der Waals surface area contributed by atoms with Gasteiger partial charge in [-0.1, -0.05) is 12.1 Å². The third kappa shape index (κ3) is 4.45. The van der Waals surface area contributed by atoms with Crippen LogP contribution in [-0.4, -0.2) is 59.3 Å². The number of amidine groups is 1. The summed E-state index contributed by atoms with van der Waals surface area (Å²) in [6.45, 7) is 1.29. The molecule has 0 atom stereocenters. The Morgan fingerprint density at radius 2 is 2.08 bits per heavy atom. The zero-order chi connectivity index (χ0) is 25.2. The van der Waals surface area contributed by atoms with Crippen molar-refractivity contribution in [2.75, 3.05) is 32.1 Å². The highest BCUT2D eigenvalue weighted by atomic mass is 16.5. The van der Waals surface area contributed by atoms with Crippen LogP contribution in [0.25, 0.3) is 0 Å². The van der Waals surface area contributed by atoms with Crippen molar-refractivity contribution in [3.05, 3.63) is 59.2 Å². The highest BCUT2D eigenvalue weighted by Crippen LogP contribution is 2.39. The number of fused-ring (bicyclic) bond motifs is 1. The Morgan fingerprint density at radius 1 is 1.22 bits per heavy atom. The fraction of sp³-hybridized carbons (Fsp3) is 0.167. The van der Waals surface area contributed by atoms with E-state index in [4.69, 9.17) is 19.9 Å². The molecular weight excluding hydrogens is 466 g/mol. The average Bonchev–Trinajstić information content (AvgIpc) is 3.30. The molecule has 3 N–H and O–H groups in total. The molecule has 5 rings (SSSR count). The van der Waals surface area contributed by atoms with Gasteiger partial charge in [-0.15, -0.1) is 0 Å². The number of amides is 2. The predicted octanol–water partition coefficient (Wildman–Crippen LogP) is 2.05. The number of rotatable bonds is 6. The Morgan fingerprint density at radius 3 is 2.83 bits per heavy atom. The van der Waals surface area contributed by atoms with E-state index in [9.17, 15) is 14.9 Å². The van der Waals surface area contributed by atoms with Crippen LogP contribution >= 0.6 is 0 Å². The first-order valence-electron chi connectivity index (χ1n) is 10.8. The number of benzene rings is 2. The van der Waals surface area contributed by atoms with E-state index in [-0.39, 0.29) is 46.9 Å². The smallest absolute Gasteiger partial charge is 0.328 e. The fourth-order valence-electron chi connectivity index (χ4n) is 3.67. The minimum atomic E-state index is -0.772. The lowest BCUT2D eigenvalue weighted by Gasteiger charge is -2.20. The molecule has 0 radical (unpaired) electrons. The minimum Gasteiger partial charge on any atom is -0.466 e. The van der Waals surface area contributed by atoms with Gasteiger partial charge in [0.05, 0.1) is 23.7 Å². The van der Waals surface area contributed by atoms with Crippen LogP contribution in [0.2, 0.25) is 0 Å². The average molecular weight is 485 g/mol. The second kappa shape index (κ2) is 9.22. The summed E-state index contributed by atoms with van der Waals surface area (Å²) in [5.41, 5.74) is 6.62. The van der Waals surface area contributed by atoms with E-state index in [1.54, 1.807) is 12.1 Å². The molecule has 2 amide bonds. The van der Waals surface area contributed by atoms with Gasteiger partial charge >= 0.3 is 6.01 Å². The van der Waals surface area contributed by atoms with Crippen molar-refractivity contribution in [1.82, 2.24) is 14.9 Å². The van der Waals surface area contributed by atoms with Crippen LogP contribution in [0.5, 0.6) is 29.3 Å². The van der Waals surface area contributed by atoms with E-state index in [1.807, 2.05) is 30.1 Å². The van der Waals surface area contributed by atoms with Crippen molar-refractivity contribution in [2.24, 2.45) is 10.7 Å². The molecule has 1 aromatic heterocycles. The standard InChI is InChI=1S/C24H19N7O5/c1-31-8-7-27-21(31)14-3-2-4-15(10-14)35-24-29-22-19(28-18(32)12-34-22)23(30-24)36-17-9-13(11-25)5-6-16(17)20(26)33/h2-6,9-10H,7-8,12H2,1H3,(H2,26,33)(H,28,32). The van der Waals surface area contributed by atoms with Gasteiger partial charge < -0.3 is 30.2 Å². The molecule has 2 aliphatic heterocycles. The first kappa shape index (κ1) is 22.6. The normalized spacial score (nSPS) is 14.2. The number of nitriles is 1. The van der Waals surface area contributed by atoms with Gasteiger partial charge in [0.15, 0.2) is 12.3 Å². The maximum absolute atomic E-state index is 12.0. The Bertz CT molecular complexity index is 1460. The van der Waals surface area contributed by atoms with Crippen LogP contribution in [0.4, 0.5) is 5.69 Å². The molecule has 2 aromatic carbocycles. The van der Waals surface area contributed by atoms with Crippen LogP contribution in [0.15, 0.2) is 47.5 Å². The van der Waals surface area contributed by atoms with Crippen molar-refractivity contribution in [1.29, 1.82) is 5.26 Å². The molecule has 12 nitrogen and oxygen atoms in total. The number of likely N-dealkylation sites (N-methyl/N-ethyl adjacent to an activating group) is 1. The van der Waals surface area contributed by atoms with E-state index < -0.39 is 11.8 Å². The van der Waals surface area contributed by atoms with Crippen LogP contribution < -0.4 is 25.3 Å². The van der Waals surface area contributed by atoms with Gasteiger partial charge in [-0.05, 0) is 30.3 Å². The largest absolute Gasteiger partial charge is 0.466 e. The third-order valence-corrected chi connectivity index (χ3v) is 5.37. The zero-order valence-electron chi connectivity index (χ0n) is 19.0. The molecule has 12 heteroatoms. The number of aliphatic imine (C=N–C) groups is 1. The topological polar surface area (TPSA) is 165 Å². The fourth-order valence-corrected chi connectivity index (χ4v) is 3.67. The van der Waals surface area contributed by atoms with Crippen LogP contribution in [0.1, 0.15) is 21.5 Å². The van der Waals surface area contributed by atoms with E-state index in [0.29, 0.717) is 5.75 Å². The first-order chi connectivity index (χ1) is 17.4. The molecule has 0 unspecified atom stereocenters. The van der Waals surface area contributed by atoms with Crippen molar-refractivity contribution in [3.63, 3.8) is 0 Å². The summed E-state index contributed by atoms with van der Waals surface area (Å²) in [5, 5.41) is 11.9. The molecule has 3 heterocycles. The van der Waals surface area contributed by atoms with E-state index in [1.165, 1.54) is 18.2 Å². The molecule has 0 spiro atoms. The molecule has 0 saturated carbocycles. The summed E-state index contributed by atoms with van der Waals surface area (Å²) in [4.78, 5) is 39.0. The first-order valence-corrected chi connectivity index (χ1v) is 10.8. The zero-order valence-corrected chi connectivity index (χ0v) is 19.0. The number of aromatic nitrogens is 2. The monoisotopic (exact) mass is 485 g/mol. The molecule has 0 bridgehead atoms. The van der Waals surface area contributed by atoms with Crippen molar-refractivity contribution in [3.8, 4) is 35.3 Å². The van der Waals surface area contributed by atoms with Gasteiger partial charge in [0.2, 0.25) is 5.88 Å². The molecular formula is C24H19N7O5. The van der Waals surface area contributed by atoms with Crippen molar-refractivity contribution >= 4 is 23.3 Å². The highest BCUT2D eigenvalue weighted by molar-refractivity contribution is 6.00. The van der Waals surface area contributed by atoms with Gasteiger partial charge in [0, 0.05) is 19.2 Å². The maximum atomic E-state index is 12.0. The summed E-state index contributed by atoms with van der Waals surface area (Å²) < 4.78 is 17.2. The summed E-state index contributed by atoms with van der Waals surface area (Å²) in [6.07, 6.45) is 0. The predicted molar refractivity (Wildman–Crippen MR) is 126 cm³/mol. The Labute approximate surface area is 204 Å². The number of anilines is 1. The lowest BCUT2D eigenvalue weighted by molar-refractivity contribution is -0.118. The van der Waals surface area contributed by atoms with Crippen LogP contribution in [0.3, 0.4) is 0 Å². The highest BCUT2D eigenvalue weighted by Gasteiger charge is 2.27. The minimum absolute atomic E-state index is 0.0149. The Hall–Kier alpha value is -5.18. The van der Waals surface area contributed by atoms with Crippen molar-refractivity contribution in [2.45, 2.75) is 0 Å². The van der Waals surface area contributed by atoms with Gasteiger partial charge in [-0.2, -0.15) is 15.2 Å². The van der Waals surface area contributed by atoms with Crippen LogP contribution in [-0.2, 0) is 4.79 Å². The summed E-state index contributed by atoms with van der Waals surface area (Å²) in [5.74, 6) is -0.105. The number of hydrogen-bond acceptors (Lipinski definition) is 10. The number of nitrogens with two attached hydrogens (primary N) is 1. The second-order valence-electron chi connectivity index (χ2n) is 7.87. The maximum Gasteiger partial charge on any atom is 0.328 e. The van der Waals surface area contributed by atoms with E-state index in [0.717, 1.165) is 24.5 Å². The Kier molecular flexibility index (Phi) is 5.79. The van der Waals surface area contributed by atoms with Crippen LogP contribution in [0, 0.1) is 11.3 Å². The number of hydrogen-bond donors (Lipinski definition) is 2. The number of carbonyl (C=O) groups is 2. The SMILES string of the molecule is CN1CCN=C1c1cccc(Oc2nc3c(c(Oc4cc(C#N)ccc4C(N)=O)n2)NC(=O)CO3)c1. The van der Waals surface area contributed by atoms with Gasteiger partial charge in [-0.25, -0.2) is 0 Å². The number of nitrogens with zero attached hydrogens (tertiary/aromatic N) is 5. The number of primary amides is 1. The molecule has 3 aromatic rings. The quantitative estimate of drug-likeness (QED) is 0.531. The summed E-state index contributed by atoms with van der Waals surface area (Å²) >= 11 is 0. The summed E-state index contributed by atoms with van der Waals surface area (Å²) in [7, 11) is 1.96. The lowest BCUT2D eigenvalue weighted by Crippen LogP contribution is -2.27. The Balaban J connectivity index is 1.52. The molecule has 0 fully saturated rings. The van der Waals surface area contributed by atoms with Gasteiger partial charge in [0.25, 0.3) is 17.7 Å². The van der Waals surface area contributed by atoms with Gasteiger partial charge in [0.1, 0.15) is 17.3 Å². The second-order valence-corrected chi connectivity index (χ2v) is 7.87. The van der Waals surface area contributed by atoms with Gasteiger partial charge in [-0.3, -0.25) is 14.6 Å². The molecule has 2 aliphatic rings. The van der Waals surface area contributed by atoms with Crippen molar-refractivity contribution < 1.29 is 23.8 Å². The summed E-state index contributed by atoms with van der Waals surface area (Å²) in [6, 6.07) is 13.2. The molecule has 180 valence electrons. The molecule has 0 saturated heterocycles. The number of ether oxygens (including phenoxy) is 3. The lowest BCUT2D eigenvalue weighted by atomic mass is 10.1. The number of carbonyl (C=O) groups excluding carboxylic acids is 2.